The van der Waals surface area contributed by atoms with Crippen molar-refractivity contribution in [2.75, 3.05) is 26.3 Å². The Hall–Kier alpha value is -2.38. The average Bonchev–Trinajstić information content (AvgIpc) is 3.24. The van der Waals surface area contributed by atoms with E-state index < -0.39 is 0 Å². The minimum Gasteiger partial charge on any atom is -0.378 e. The molecule has 0 saturated carbocycles. The summed E-state index contributed by atoms with van der Waals surface area (Å²) < 4.78 is 5.35. The number of thioether (sulfide) groups is 1. The first-order chi connectivity index (χ1) is 11.8. The van der Waals surface area contributed by atoms with Crippen LogP contribution < -0.4 is 0 Å². The van der Waals surface area contributed by atoms with E-state index in [9.17, 15) is 4.79 Å². The molecule has 1 amide bonds. The van der Waals surface area contributed by atoms with E-state index in [-0.39, 0.29) is 5.91 Å². The fourth-order valence-corrected chi connectivity index (χ4v) is 3.63. The van der Waals surface area contributed by atoms with E-state index in [0.717, 1.165) is 35.1 Å². The smallest absolute Gasteiger partial charge is 0.286 e. The molecule has 2 aliphatic rings. The Labute approximate surface area is 143 Å². The van der Waals surface area contributed by atoms with Crippen molar-refractivity contribution < 1.29 is 9.53 Å². The molecule has 1 aromatic carbocycles. The Morgan fingerprint density at radius 2 is 2.00 bits per heavy atom. The fourth-order valence-electron chi connectivity index (χ4n) is 2.67. The maximum atomic E-state index is 12.2. The van der Waals surface area contributed by atoms with Crippen LogP contribution >= 0.6 is 11.8 Å². The summed E-state index contributed by atoms with van der Waals surface area (Å²) in [6.07, 6.45) is 3.59. The molecule has 0 unspecified atom stereocenters. The second-order valence-electron chi connectivity index (χ2n) is 5.48. The predicted octanol–water partition coefficient (Wildman–Crippen LogP) is 2.38. The van der Waals surface area contributed by atoms with Gasteiger partial charge in [-0.2, -0.15) is 10.1 Å². The van der Waals surface area contributed by atoms with Crippen molar-refractivity contribution in [3.8, 4) is 11.3 Å². The van der Waals surface area contributed by atoms with Gasteiger partial charge in [0.2, 0.25) is 0 Å². The first-order valence-electron chi connectivity index (χ1n) is 7.75. The molecule has 2 aliphatic heterocycles. The second-order valence-corrected chi connectivity index (χ2v) is 6.49. The van der Waals surface area contributed by atoms with Crippen LogP contribution in [0.4, 0.5) is 0 Å². The molecule has 0 bridgehead atoms. The monoisotopic (exact) mass is 340 g/mol. The Morgan fingerprint density at radius 3 is 2.79 bits per heavy atom. The van der Waals surface area contributed by atoms with Crippen molar-refractivity contribution in [2.45, 2.75) is 0 Å². The van der Waals surface area contributed by atoms with Crippen LogP contribution in [0.15, 0.2) is 46.4 Å². The van der Waals surface area contributed by atoms with Crippen LogP contribution in [0.1, 0.15) is 5.56 Å². The molecule has 0 spiro atoms. The van der Waals surface area contributed by atoms with Crippen LogP contribution in [0, 0.1) is 0 Å². The van der Waals surface area contributed by atoms with E-state index in [2.05, 4.69) is 20.1 Å². The number of hydrogen-bond acceptors (Lipinski definition) is 5. The maximum Gasteiger partial charge on any atom is 0.286 e. The molecule has 4 rings (SSSR count). The second kappa shape index (κ2) is 6.62. The van der Waals surface area contributed by atoms with E-state index in [4.69, 9.17) is 4.74 Å². The number of ether oxygens (including phenoxy) is 1. The minimum absolute atomic E-state index is 0.193. The van der Waals surface area contributed by atoms with Gasteiger partial charge in [0.15, 0.2) is 5.17 Å². The van der Waals surface area contributed by atoms with E-state index in [0.29, 0.717) is 18.1 Å². The molecule has 1 saturated heterocycles. The lowest BCUT2D eigenvalue weighted by atomic mass is 10.1. The molecule has 7 heteroatoms. The van der Waals surface area contributed by atoms with Crippen molar-refractivity contribution in [1.29, 1.82) is 0 Å². The van der Waals surface area contributed by atoms with Gasteiger partial charge in [-0.1, -0.05) is 30.3 Å². The highest BCUT2D eigenvalue weighted by molar-refractivity contribution is 8.18. The molecule has 122 valence electrons. The highest BCUT2D eigenvalue weighted by Crippen LogP contribution is 2.32. The SMILES string of the molecule is O=C1N=C(N2CCOCC2)S/C1=C\c1cn[nH]c1-c1ccccc1. The molecule has 0 atom stereocenters. The van der Waals surface area contributed by atoms with Crippen molar-refractivity contribution >= 4 is 28.9 Å². The number of hydrogen-bond donors (Lipinski definition) is 1. The number of carbonyl (C=O) groups excluding carboxylic acids is 1. The van der Waals surface area contributed by atoms with Gasteiger partial charge in [-0.3, -0.25) is 9.89 Å². The van der Waals surface area contributed by atoms with Crippen molar-refractivity contribution in [3.05, 3.63) is 47.0 Å². The highest BCUT2D eigenvalue weighted by atomic mass is 32.2. The minimum atomic E-state index is -0.193. The third kappa shape index (κ3) is 3.00. The molecular formula is C17H16N4O2S. The molecular weight excluding hydrogens is 324 g/mol. The Morgan fingerprint density at radius 1 is 1.21 bits per heavy atom. The molecule has 3 heterocycles. The molecule has 1 fully saturated rings. The summed E-state index contributed by atoms with van der Waals surface area (Å²) in [5.74, 6) is -0.193. The number of morpholine rings is 1. The zero-order chi connectivity index (χ0) is 16.4. The lowest BCUT2D eigenvalue weighted by molar-refractivity contribution is -0.113. The number of aliphatic imine (C=N–C) groups is 1. The van der Waals surface area contributed by atoms with Crippen LogP contribution in [0.5, 0.6) is 0 Å². The van der Waals surface area contributed by atoms with Crippen molar-refractivity contribution in [3.63, 3.8) is 0 Å². The largest absolute Gasteiger partial charge is 0.378 e. The lowest BCUT2D eigenvalue weighted by Crippen LogP contribution is -2.38. The highest BCUT2D eigenvalue weighted by Gasteiger charge is 2.27. The summed E-state index contributed by atoms with van der Waals surface area (Å²) in [6.45, 7) is 2.89. The Bertz CT molecular complexity index is 807. The molecule has 1 N–H and O–H groups in total. The zero-order valence-corrected chi connectivity index (χ0v) is 13.8. The van der Waals surface area contributed by atoms with Crippen LogP contribution in [0.3, 0.4) is 0 Å². The summed E-state index contributed by atoms with van der Waals surface area (Å²) in [7, 11) is 0. The predicted molar refractivity (Wildman–Crippen MR) is 94.4 cm³/mol. The third-order valence-corrected chi connectivity index (χ3v) is 4.95. The summed E-state index contributed by atoms with van der Waals surface area (Å²) in [6, 6.07) is 9.94. The number of amidine groups is 1. The molecule has 6 nitrogen and oxygen atoms in total. The van der Waals surface area contributed by atoms with Gasteiger partial charge in [0.25, 0.3) is 5.91 Å². The van der Waals surface area contributed by atoms with Gasteiger partial charge in [-0.25, -0.2) is 0 Å². The van der Waals surface area contributed by atoms with Gasteiger partial charge >= 0.3 is 0 Å². The number of amides is 1. The van der Waals surface area contributed by atoms with Crippen LogP contribution in [0.2, 0.25) is 0 Å². The van der Waals surface area contributed by atoms with E-state index >= 15 is 0 Å². The Balaban J connectivity index is 1.57. The normalized spacial score (nSPS) is 19.8. The van der Waals surface area contributed by atoms with Gasteiger partial charge in [0.05, 0.1) is 30.0 Å². The summed E-state index contributed by atoms with van der Waals surface area (Å²) in [4.78, 5) is 19.1. The van der Waals surface area contributed by atoms with Gasteiger partial charge < -0.3 is 9.64 Å². The molecule has 1 aromatic heterocycles. The van der Waals surface area contributed by atoms with E-state index in [1.54, 1.807) is 6.20 Å². The van der Waals surface area contributed by atoms with E-state index in [1.807, 2.05) is 36.4 Å². The number of nitrogens with zero attached hydrogens (tertiary/aromatic N) is 3. The van der Waals surface area contributed by atoms with Gasteiger partial charge in [0, 0.05) is 24.2 Å². The van der Waals surface area contributed by atoms with Crippen molar-refractivity contribution in [2.24, 2.45) is 4.99 Å². The van der Waals surface area contributed by atoms with Crippen LogP contribution in [-0.2, 0) is 9.53 Å². The standard InChI is InChI=1S/C17H16N4O2S/c22-16-14(24-17(19-16)21-6-8-23-9-7-21)10-13-11-18-20-15(13)12-4-2-1-3-5-12/h1-5,10-11H,6-9H2,(H,18,20)/b14-10-. The number of aromatic nitrogens is 2. The zero-order valence-electron chi connectivity index (χ0n) is 12.9. The number of carbonyl (C=O) groups is 1. The quantitative estimate of drug-likeness (QED) is 0.850. The molecule has 2 aromatic rings. The topological polar surface area (TPSA) is 70.6 Å². The fraction of sp³-hybridized carbons (Fsp3) is 0.235. The van der Waals surface area contributed by atoms with Gasteiger partial charge in [0.1, 0.15) is 0 Å². The summed E-state index contributed by atoms with van der Waals surface area (Å²) in [5.41, 5.74) is 2.82. The van der Waals surface area contributed by atoms with Crippen molar-refractivity contribution in [1.82, 2.24) is 15.1 Å². The van der Waals surface area contributed by atoms with Gasteiger partial charge in [-0.15, -0.1) is 0 Å². The lowest BCUT2D eigenvalue weighted by Gasteiger charge is -2.27. The first kappa shape index (κ1) is 15.2. The maximum absolute atomic E-state index is 12.2. The summed E-state index contributed by atoms with van der Waals surface area (Å²) in [5, 5.41) is 7.89. The first-order valence-corrected chi connectivity index (χ1v) is 8.57. The van der Waals surface area contributed by atoms with E-state index in [1.165, 1.54) is 11.8 Å². The number of rotatable bonds is 2. The number of benzene rings is 1. The van der Waals surface area contributed by atoms with Crippen LogP contribution in [0.25, 0.3) is 17.3 Å². The number of aromatic amines is 1. The number of nitrogens with one attached hydrogen (secondary N) is 1. The van der Waals surface area contributed by atoms with Crippen LogP contribution in [-0.4, -0.2) is 52.5 Å². The third-order valence-electron chi connectivity index (χ3n) is 3.91. The number of H-pyrrole nitrogens is 1. The van der Waals surface area contributed by atoms with Gasteiger partial charge in [-0.05, 0) is 17.8 Å². The Kier molecular flexibility index (Phi) is 4.18. The molecule has 0 radical (unpaired) electrons. The average molecular weight is 340 g/mol. The molecule has 24 heavy (non-hydrogen) atoms. The summed E-state index contributed by atoms with van der Waals surface area (Å²) >= 11 is 1.42. The molecule has 0 aliphatic carbocycles.